The van der Waals surface area contributed by atoms with Crippen LogP contribution in [0, 0.1) is 5.92 Å². The number of cyclic esters (lactones) is 4. The van der Waals surface area contributed by atoms with Gasteiger partial charge < -0.3 is 18.9 Å². The molecule has 2 aliphatic heterocycles. The van der Waals surface area contributed by atoms with E-state index in [4.69, 9.17) is 18.9 Å². The highest BCUT2D eigenvalue weighted by Gasteiger charge is 2.41. The predicted octanol–water partition coefficient (Wildman–Crippen LogP) is 1.31. The summed E-state index contributed by atoms with van der Waals surface area (Å²) in [7, 11) is 0. The van der Waals surface area contributed by atoms with Crippen LogP contribution in [0.5, 0.6) is 0 Å². The largest absolute Gasteiger partial charge is 0.422 e. The zero-order valence-corrected chi connectivity index (χ0v) is 14.2. The number of hydrogen-bond acceptors (Lipinski definition) is 8. The Bertz CT molecular complexity index is 666. The number of rotatable bonds is 3. The van der Waals surface area contributed by atoms with Gasteiger partial charge in [-0.05, 0) is 6.08 Å². The third kappa shape index (κ3) is 4.56. The molecular formula is C17H18O8. The Hall–Kier alpha value is -2.90. The summed E-state index contributed by atoms with van der Waals surface area (Å²) in [6.07, 6.45) is 6.69. The molecule has 2 fully saturated rings. The highest BCUT2D eigenvalue weighted by molar-refractivity contribution is 6.15. The van der Waals surface area contributed by atoms with Crippen molar-refractivity contribution < 1.29 is 38.1 Å². The van der Waals surface area contributed by atoms with Gasteiger partial charge >= 0.3 is 23.9 Å². The Morgan fingerprint density at radius 2 is 1.20 bits per heavy atom. The molecule has 25 heavy (non-hydrogen) atoms. The molecule has 0 aliphatic carbocycles. The summed E-state index contributed by atoms with van der Waals surface area (Å²) in [5, 5.41) is 0. The Balaban J connectivity index is 2.00. The van der Waals surface area contributed by atoms with Crippen molar-refractivity contribution >= 4 is 23.9 Å². The average molecular weight is 350 g/mol. The molecule has 0 aromatic heterocycles. The van der Waals surface area contributed by atoms with Crippen LogP contribution in [0.3, 0.4) is 0 Å². The second kappa shape index (κ2) is 6.54. The second-order valence-corrected chi connectivity index (χ2v) is 6.25. The van der Waals surface area contributed by atoms with E-state index in [9.17, 15) is 19.2 Å². The van der Waals surface area contributed by atoms with Crippen molar-refractivity contribution in [2.45, 2.75) is 39.3 Å². The monoisotopic (exact) mass is 350 g/mol. The lowest BCUT2D eigenvalue weighted by Gasteiger charge is -2.31. The van der Waals surface area contributed by atoms with Crippen LogP contribution in [0.1, 0.15) is 27.7 Å². The van der Waals surface area contributed by atoms with Gasteiger partial charge in [0.05, 0.1) is 0 Å². The topological polar surface area (TPSA) is 105 Å². The molecule has 0 amide bonds. The van der Waals surface area contributed by atoms with Gasteiger partial charge in [0.1, 0.15) is 5.57 Å². The number of carbonyl (C=O) groups is 4. The van der Waals surface area contributed by atoms with Gasteiger partial charge in [0, 0.05) is 27.7 Å². The van der Waals surface area contributed by atoms with Crippen LogP contribution in [0.2, 0.25) is 0 Å². The molecule has 0 radical (unpaired) electrons. The van der Waals surface area contributed by atoms with Gasteiger partial charge in [0.15, 0.2) is 5.92 Å². The minimum atomic E-state index is -1.30. The summed E-state index contributed by atoms with van der Waals surface area (Å²) < 4.78 is 19.8. The molecule has 0 saturated carbocycles. The number of esters is 4. The van der Waals surface area contributed by atoms with E-state index in [0.717, 1.165) is 0 Å². The van der Waals surface area contributed by atoms with Crippen LogP contribution in [0.4, 0.5) is 0 Å². The van der Waals surface area contributed by atoms with E-state index in [0.29, 0.717) is 0 Å². The summed E-state index contributed by atoms with van der Waals surface area (Å²) >= 11 is 0. The maximum atomic E-state index is 11.7. The third-order valence-electron chi connectivity index (χ3n) is 3.11. The molecule has 0 atom stereocenters. The summed E-state index contributed by atoms with van der Waals surface area (Å²) in [5.74, 6) is -6.78. The number of carbonyl (C=O) groups excluding carboxylic acids is 4. The first-order valence-electron chi connectivity index (χ1n) is 7.48. The van der Waals surface area contributed by atoms with Gasteiger partial charge in [-0.1, -0.05) is 24.3 Å². The van der Waals surface area contributed by atoms with E-state index >= 15 is 0 Å². The Morgan fingerprint density at radius 1 is 0.720 bits per heavy atom. The van der Waals surface area contributed by atoms with Gasteiger partial charge in [-0.25, -0.2) is 9.59 Å². The normalized spacial score (nSPS) is 23.3. The fourth-order valence-corrected chi connectivity index (χ4v) is 2.07. The zero-order valence-electron chi connectivity index (χ0n) is 14.2. The molecule has 0 spiro atoms. The number of ether oxygens (including phenoxy) is 4. The van der Waals surface area contributed by atoms with Crippen molar-refractivity contribution in [3.05, 3.63) is 36.0 Å². The average Bonchev–Trinajstić information content (AvgIpc) is 2.40. The quantitative estimate of drug-likeness (QED) is 0.247. The maximum absolute atomic E-state index is 11.7. The van der Waals surface area contributed by atoms with Gasteiger partial charge in [-0.15, -0.1) is 0 Å². The van der Waals surface area contributed by atoms with E-state index in [1.807, 2.05) is 0 Å². The maximum Gasteiger partial charge on any atom is 0.348 e. The van der Waals surface area contributed by atoms with Crippen molar-refractivity contribution in [2.24, 2.45) is 5.92 Å². The highest BCUT2D eigenvalue weighted by Crippen LogP contribution is 2.24. The standard InChI is InChI=1S/C17H18O8/c1-16(2)22-12(18)10(13(19)23-16)8-6-5-7-9-11-14(20)24-17(3,4)25-15(11)21/h5-10H,1-4H3. The minimum Gasteiger partial charge on any atom is -0.422 e. The molecule has 0 unspecified atom stereocenters. The van der Waals surface area contributed by atoms with E-state index in [2.05, 4.69) is 0 Å². The molecule has 2 heterocycles. The summed E-state index contributed by atoms with van der Waals surface area (Å²) in [5.41, 5.74) is -0.262. The van der Waals surface area contributed by atoms with Crippen LogP contribution in [-0.2, 0) is 38.1 Å². The SMILES string of the molecule is CC1(C)OC(=O)C(=CC=CC=CC2C(=O)OC(C)(C)OC2=O)C(=O)O1. The highest BCUT2D eigenvalue weighted by atomic mass is 16.7. The molecular weight excluding hydrogens is 332 g/mol. The fourth-order valence-electron chi connectivity index (χ4n) is 2.07. The number of allylic oxidation sites excluding steroid dienone is 4. The van der Waals surface area contributed by atoms with E-state index < -0.39 is 41.4 Å². The Kier molecular flexibility index (Phi) is 4.82. The Morgan fingerprint density at radius 3 is 1.72 bits per heavy atom. The molecule has 2 saturated heterocycles. The van der Waals surface area contributed by atoms with Crippen molar-refractivity contribution in [3.8, 4) is 0 Å². The van der Waals surface area contributed by atoms with Crippen LogP contribution in [0.25, 0.3) is 0 Å². The first kappa shape index (κ1) is 18.4. The van der Waals surface area contributed by atoms with Gasteiger partial charge in [-0.2, -0.15) is 0 Å². The lowest BCUT2D eigenvalue weighted by Crippen LogP contribution is -2.45. The predicted molar refractivity (Wildman–Crippen MR) is 82.4 cm³/mol. The van der Waals surface area contributed by atoms with Gasteiger partial charge in [0.25, 0.3) is 11.6 Å². The van der Waals surface area contributed by atoms with Crippen molar-refractivity contribution in [3.63, 3.8) is 0 Å². The van der Waals surface area contributed by atoms with Gasteiger partial charge in [-0.3, -0.25) is 9.59 Å². The lowest BCUT2D eigenvalue weighted by molar-refractivity contribution is -0.237. The fraction of sp³-hybridized carbons (Fsp3) is 0.412. The molecule has 2 rings (SSSR count). The smallest absolute Gasteiger partial charge is 0.348 e. The van der Waals surface area contributed by atoms with Crippen molar-refractivity contribution in [1.29, 1.82) is 0 Å². The van der Waals surface area contributed by atoms with Gasteiger partial charge in [0.2, 0.25) is 0 Å². The minimum absolute atomic E-state index is 0.262. The molecule has 0 aromatic rings. The van der Waals surface area contributed by atoms with E-state index in [-0.39, 0.29) is 5.57 Å². The van der Waals surface area contributed by atoms with E-state index in [1.165, 1.54) is 58.1 Å². The second-order valence-electron chi connectivity index (χ2n) is 6.25. The van der Waals surface area contributed by atoms with Crippen molar-refractivity contribution in [1.82, 2.24) is 0 Å². The molecule has 0 aromatic carbocycles. The zero-order chi connectivity index (χ0) is 18.8. The molecule has 8 heteroatoms. The third-order valence-corrected chi connectivity index (χ3v) is 3.11. The van der Waals surface area contributed by atoms with Crippen LogP contribution >= 0.6 is 0 Å². The summed E-state index contributed by atoms with van der Waals surface area (Å²) in [6, 6.07) is 0. The molecule has 8 nitrogen and oxygen atoms in total. The molecule has 2 aliphatic rings. The number of hydrogen-bond donors (Lipinski definition) is 0. The Labute approximate surface area is 144 Å². The van der Waals surface area contributed by atoms with Crippen LogP contribution < -0.4 is 0 Å². The summed E-state index contributed by atoms with van der Waals surface area (Å²) in [6.45, 7) is 5.81. The van der Waals surface area contributed by atoms with Crippen molar-refractivity contribution in [2.75, 3.05) is 0 Å². The lowest BCUT2D eigenvalue weighted by atomic mass is 10.1. The summed E-state index contributed by atoms with van der Waals surface area (Å²) in [4.78, 5) is 46.9. The molecule has 0 N–H and O–H groups in total. The van der Waals surface area contributed by atoms with Crippen LogP contribution in [0.15, 0.2) is 36.0 Å². The first-order valence-corrected chi connectivity index (χ1v) is 7.48. The molecule has 0 bridgehead atoms. The first-order chi connectivity index (χ1) is 11.5. The molecule has 134 valence electrons. The van der Waals surface area contributed by atoms with Crippen LogP contribution in [-0.4, -0.2) is 35.5 Å². The van der Waals surface area contributed by atoms with E-state index in [1.54, 1.807) is 0 Å².